The van der Waals surface area contributed by atoms with Crippen LogP contribution in [0.5, 0.6) is 0 Å². The third-order valence-corrected chi connectivity index (χ3v) is 4.90. The number of nitrogens with zero attached hydrogens (tertiary/aromatic N) is 2. The first-order valence-electron chi connectivity index (χ1n) is 7.94. The van der Waals surface area contributed by atoms with Crippen molar-refractivity contribution in [3.63, 3.8) is 0 Å². The molecule has 3 heteroatoms. The summed E-state index contributed by atoms with van der Waals surface area (Å²) in [5, 5.41) is 13.1. The molecule has 0 aliphatic heterocycles. The zero-order valence-corrected chi connectivity index (χ0v) is 12.8. The Labute approximate surface area is 118 Å². The number of rotatable bonds is 5. The van der Waals surface area contributed by atoms with Gasteiger partial charge in [-0.05, 0) is 65.3 Å². The van der Waals surface area contributed by atoms with Crippen LogP contribution in [-0.2, 0) is 0 Å². The Morgan fingerprint density at radius 2 is 2.05 bits per heavy atom. The summed E-state index contributed by atoms with van der Waals surface area (Å²) in [7, 11) is 2.26. The van der Waals surface area contributed by atoms with Gasteiger partial charge in [-0.2, -0.15) is 5.26 Å². The van der Waals surface area contributed by atoms with E-state index in [1.165, 1.54) is 38.6 Å². The molecular formula is C16H29N3. The van der Waals surface area contributed by atoms with Crippen LogP contribution in [0.2, 0.25) is 0 Å². The third kappa shape index (κ3) is 3.70. The molecule has 0 heterocycles. The van der Waals surface area contributed by atoms with E-state index in [0.29, 0.717) is 12.1 Å². The Morgan fingerprint density at radius 3 is 2.58 bits per heavy atom. The highest BCUT2D eigenvalue weighted by Gasteiger charge is 2.38. The summed E-state index contributed by atoms with van der Waals surface area (Å²) >= 11 is 0. The van der Waals surface area contributed by atoms with E-state index < -0.39 is 0 Å². The van der Waals surface area contributed by atoms with E-state index in [0.717, 1.165) is 18.8 Å². The van der Waals surface area contributed by atoms with Crippen LogP contribution >= 0.6 is 0 Å². The van der Waals surface area contributed by atoms with E-state index in [1.54, 1.807) is 0 Å². The predicted octanol–water partition coefficient (Wildman–Crippen LogP) is 2.92. The van der Waals surface area contributed by atoms with Crippen LogP contribution in [0.25, 0.3) is 0 Å². The molecule has 0 bridgehead atoms. The van der Waals surface area contributed by atoms with Gasteiger partial charge in [-0.3, -0.25) is 5.32 Å². The highest BCUT2D eigenvalue weighted by molar-refractivity contribution is 5.11. The summed E-state index contributed by atoms with van der Waals surface area (Å²) < 4.78 is 0. The Bertz CT molecular complexity index is 329. The molecule has 0 radical (unpaired) electrons. The van der Waals surface area contributed by atoms with Crippen LogP contribution in [0.3, 0.4) is 0 Å². The van der Waals surface area contributed by atoms with Gasteiger partial charge < -0.3 is 4.90 Å². The molecule has 0 spiro atoms. The van der Waals surface area contributed by atoms with Crippen molar-refractivity contribution in [3.8, 4) is 6.07 Å². The Morgan fingerprint density at radius 1 is 1.32 bits per heavy atom. The maximum Gasteiger partial charge on any atom is 0.108 e. The van der Waals surface area contributed by atoms with Crippen molar-refractivity contribution in [2.75, 3.05) is 13.6 Å². The molecule has 0 aromatic carbocycles. The van der Waals surface area contributed by atoms with Gasteiger partial charge in [0.2, 0.25) is 0 Å². The van der Waals surface area contributed by atoms with Gasteiger partial charge >= 0.3 is 0 Å². The number of hydrogen-bond donors (Lipinski definition) is 1. The molecule has 2 fully saturated rings. The van der Waals surface area contributed by atoms with E-state index in [1.807, 2.05) is 0 Å². The average molecular weight is 263 g/mol. The Kier molecular flexibility index (Phi) is 4.86. The first-order chi connectivity index (χ1) is 9.04. The highest BCUT2D eigenvalue weighted by Crippen LogP contribution is 2.33. The second-order valence-electron chi connectivity index (χ2n) is 6.98. The van der Waals surface area contributed by atoms with Gasteiger partial charge in [0, 0.05) is 18.6 Å². The first kappa shape index (κ1) is 14.8. The van der Waals surface area contributed by atoms with Gasteiger partial charge in [-0.15, -0.1) is 0 Å². The molecule has 3 nitrogen and oxygen atoms in total. The SMILES string of the molecule is CC(C)NC1(C#N)CCCC(N(C)CC2CCC2)C1. The molecule has 2 saturated carbocycles. The topological polar surface area (TPSA) is 39.1 Å². The molecule has 0 aromatic heterocycles. The molecule has 108 valence electrons. The maximum absolute atomic E-state index is 9.60. The minimum absolute atomic E-state index is 0.287. The van der Waals surface area contributed by atoms with Gasteiger partial charge in [0.15, 0.2) is 0 Å². The van der Waals surface area contributed by atoms with Gasteiger partial charge in [0.05, 0.1) is 6.07 Å². The minimum atomic E-state index is -0.287. The van der Waals surface area contributed by atoms with E-state index in [4.69, 9.17) is 0 Å². The summed E-state index contributed by atoms with van der Waals surface area (Å²) in [4.78, 5) is 2.52. The lowest BCUT2D eigenvalue weighted by atomic mass is 9.78. The molecule has 1 N–H and O–H groups in total. The summed E-state index contributed by atoms with van der Waals surface area (Å²) in [6, 6.07) is 3.55. The summed E-state index contributed by atoms with van der Waals surface area (Å²) in [6.45, 7) is 5.51. The highest BCUT2D eigenvalue weighted by atomic mass is 15.1. The normalized spacial score (nSPS) is 32.3. The lowest BCUT2D eigenvalue weighted by Gasteiger charge is -2.43. The molecular weight excluding hydrogens is 234 g/mol. The predicted molar refractivity (Wildman–Crippen MR) is 78.8 cm³/mol. The summed E-state index contributed by atoms with van der Waals surface area (Å²) in [5.74, 6) is 0.918. The van der Waals surface area contributed by atoms with Gasteiger partial charge in [-0.25, -0.2) is 0 Å². The van der Waals surface area contributed by atoms with Crippen molar-refractivity contribution in [1.29, 1.82) is 5.26 Å². The van der Waals surface area contributed by atoms with Crippen molar-refractivity contribution < 1.29 is 0 Å². The average Bonchev–Trinajstić information content (AvgIpc) is 2.33. The van der Waals surface area contributed by atoms with Crippen molar-refractivity contribution in [1.82, 2.24) is 10.2 Å². The third-order valence-electron chi connectivity index (χ3n) is 4.90. The Hall–Kier alpha value is -0.590. The van der Waals surface area contributed by atoms with Crippen molar-refractivity contribution in [2.45, 2.75) is 76.4 Å². The molecule has 2 rings (SSSR count). The molecule has 0 saturated heterocycles. The van der Waals surface area contributed by atoms with Gasteiger partial charge in [0.25, 0.3) is 0 Å². The fraction of sp³-hybridized carbons (Fsp3) is 0.938. The van der Waals surface area contributed by atoms with Crippen molar-refractivity contribution in [3.05, 3.63) is 0 Å². The fourth-order valence-corrected chi connectivity index (χ4v) is 3.67. The molecule has 2 aliphatic rings. The largest absolute Gasteiger partial charge is 0.303 e. The van der Waals surface area contributed by atoms with Crippen LogP contribution in [0.1, 0.15) is 58.8 Å². The zero-order chi connectivity index (χ0) is 13.9. The summed E-state index contributed by atoms with van der Waals surface area (Å²) in [5.41, 5.74) is -0.287. The molecule has 2 aliphatic carbocycles. The molecule has 0 aromatic rings. The second kappa shape index (κ2) is 6.24. The number of nitriles is 1. The molecule has 0 amide bonds. The first-order valence-corrected chi connectivity index (χ1v) is 7.94. The molecule has 19 heavy (non-hydrogen) atoms. The minimum Gasteiger partial charge on any atom is -0.303 e. The smallest absolute Gasteiger partial charge is 0.108 e. The lowest BCUT2D eigenvalue weighted by molar-refractivity contribution is 0.106. The zero-order valence-electron chi connectivity index (χ0n) is 12.8. The van der Waals surface area contributed by atoms with Crippen LogP contribution in [0.15, 0.2) is 0 Å². The van der Waals surface area contributed by atoms with E-state index in [9.17, 15) is 5.26 Å². The van der Waals surface area contributed by atoms with Gasteiger partial charge in [0.1, 0.15) is 5.54 Å². The number of hydrogen-bond acceptors (Lipinski definition) is 3. The fourth-order valence-electron chi connectivity index (χ4n) is 3.67. The number of nitrogens with one attached hydrogen (secondary N) is 1. The lowest BCUT2D eigenvalue weighted by Crippen LogP contribution is -2.54. The van der Waals surface area contributed by atoms with Crippen LogP contribution in [0, 0.1) is 17.2 Å². The quantitative estimate of drug-likeness (QED) is 0.829. The van der Waals surface area contributed by atoms with Crippen LogP contribution in [0.4, 0.5) is 0 Å². The van der Waals surface area contributed by atoms with E-state index in [-0.39, 0.29) is 5.54 Å². The van der Waals surface area contributed by atoms with Crippen LogP contribution < -0.4 is 5.32 Å². The van der Waals surface area contributed by atoms with Gasteiger partial charge in [-0.1, -0.05) is 6.42 Å². The maximum atomic E-state index is 9.60. The second-order valence-corrected chi connectivity index (χ2v) is 6.98. The Balaban J connectivity index is 1.92. The van der Waals surface area contributed by atoms with Crippen molar-refractivity contribution >= 4 is 0 Å². The molecule has 2 unspecified atom stereocenters. The standard InChI is InChI=1S/C16H29N3/c1-13(2)18-16(12-17)9-5-8-15(10-16)19(3)11-14-6-4-7-14/h13-15,18H,4-11H2,1-3H3. The molecule has 2 atom stereocenters. The van der Waals surface area contributed by atoms with E-state index in [2.05, 4.69) is 37.2 Å². The summed E-state index contributed by atoms with van der Waals surface area (Å²) in [6.07, 6.45) is 8.66. The van der Waals surface area contributed by atoms with E-state index >= 15 is 0 Å². The monoisotopic (exact) mass is 263 g/mol. The van der Waals surface area contributed by atoms with Crippen LogP contribution in [-0.4, -0.2) is 36.1 Å². The van der Waals surface area contributed by atoms with Crippen molar-refractivity contribution in [2.24, 2.45) is 5.92 Å².